The van der Waals surface area contributed by atoms with Crippen LogP contribution in [0, 0.1) is 35.0 Å². The topological polar surface area (TPSA) is 37.3 Å². The van der Waals surface area contributed by atoms with Crippen molar-refractivity contribution in [3.63, 3.8) is 0 Å². The second kappa shape index (κ2) is 5.83. The lowest BCUT2D eigenvalue weighted by molar-refractivity contribution is -0.118. The fourth-order valence-electron chi connectivity index (χ4n) is 7.04. The van der Waals surface area contributed by atoms with Gasteiger partial charge in [0.2, 0.25) is 0 Å². The Bertz CT molecular complexity index is 589. The second-order valence-electron chi connectivity index (χ2n) is 9.45. The zero-order chi connectivity index (χ0) is 17.1. The number of rotatable bonds is 2. The normalized spacial score (nSPS) is 47.5. The largest absolute Gasteiger partial charge is 0.393 e. The van der Waals surface area contributed by atoms with Crippen LogP contribution in [0.2, 0.25) is 0 Å². The maximum atomic E-state index is 12.2. The Morgan fingerprint density at radius 2 is 2.08 bits per heavy atom. The molecule has 4 aliphatic rings. The molecule has 0 saturated heterocycles. The molecule has 0 bridgehead atoms. The number of carbonyl (C=O) groups excluding carboxylic acids is 1. The van der Waals surface area contributed by atoms with Crippen LogP contribution in [-0.2, 0) is 4.79 Å². The van der Waals surface area contributed by atoms with E-state index in [0.717, 1.165) is 43.9 Å². The Balaban J connectivity index is 1.65. The van der Waals surface area contributed by atoms with Gasteiger partial charge in [-0.3, -0.25) is 4.79 Å². The quantitative estimate of drug-likeness (QED) is 0.747. The molecular weight excluding hydrogens is 296 g/mol. The third kappa shape index (κ3) is 2.44. The second-order valence-corrected chi connectivity index (χ2v) is 9.45. The third-order valence-electron chi connectivity index (χ3n) is 8.03. The minimum absolute atomic E-state index is 0.0976. The number of aliphatic hydroxyl groups is 1. The van der Waals surface area contributed by atoms with Gasteiger partial charge in [0.1, 0.15) is 0 Å². The highest BCUT2D eigenvalue weighted by atomic mass is 16.3. The number of ketones is 1. The van der Waals surface area contributed by atoms with Crippen molar-refractivity contribution >= 4 is 5.78 Å². The molecule has 0 spiro atoms. The Labute approximate surface area is 146 Å². The molecule has 1 unspecified atom stereocenters. The lowest BCUT2D eigenvalue weighted by atomic mass is 9.50. The lowest BCUT2D eigenvalue weighted by Crippen LogP contribution is -2.49. The zero-order valence-corrected chi connectivity index (χ0v) is 15.3. The van der Waals surface area contributed by atoms with E-state index in [1.807, 2.05) is 6.08 Å². The first kappa shape index (κ1) is 16.6. The Hall–Kier alpha value is -0.890. The van der Waals surface area contributed by atoms with Gasteiger partial charge in [-0.25, -0.2) is 0 Å². The molecule has 4 rings (SSSR count). The van der Waals surface area contributed by atoms with Gasteiger partial charge in [0.05, 0.1) is 6.10 Å². The molecule has 2 nitrogen and oxygen atoms in total. The van der Waals surface area contributed by atoms with Crippen LogP contribution >= 0.6 is 0 Å². The summed E-state index contributed by atoms with van der Waals surface area (Å²) in [5, 5.41) is 10.5. The average Bonchev–Trinajstić information content (AvgIpc) is 2.81. The Morgan fingerprint density at radius 3 is 2.83 bits per heavy atom. The van der Waals surface area contributed by atoms with Gasteiger partial charge in [-0.2, -0.15) is 0 Å². The fourth-order valence-corrected chi connectivity index (χ4v) is 7.04. The van der Waals surface area contributed by atoms with Gasteiger partial charge in [-0.15, -0.1) is 6.58 Å². The first-order valence-electron chi connectivity index (χ1n) is 9.96. The monoisotopic (exact) mass is 328 g/mol. The van der Waals surface area contributed by atoms with Crippen LogP contribution in [0.25, 0.3) is 0 Å². The van der Waals surface area contributed by atoms with Crippen LogP contribution in [0.3, 0.4) is 0 Å². The highest BCUT2D eigenvalue weighted by Gasteiger charge is 2.56. The number of aliphatic hydroxyl groups excluding tert-OH is 1. The number of hydrogen-bond donors (Lipinski definition) is 1. The number of hydrogen-bond acceptors (Lipinski definition) is 2. The van der Waals surface area contributed by atoms with E-state index in [1.165, 1.54) is 30.4 Å². The summed E-state index contributed by atoms with van der Waals surface area (Å²) < 4.78 is 0. The van der Waals surface area contributed by atoms with E-state index in [-0.39, 0.29) is 11.5 Å². The van der Waals surface area contributed by atoms with Crippen LogP contribution in [-0.4, -0.2) is 17.0 Å². The van der Waals surface area contributed by atoms with Gasteiger partial charge in [-0.1, -0.05) is 18.1 Å². The van der Waals surface area contributed by atoms with Crippen molar-refractivity contribution in [3.05, 3.63) is 23.8 Å². The third-order valence-corrected chi connectivity index (χ3v) is 8.03. The summed E-state index contributed by atoms with van der Waals surface area (Å²) in [7, 11) is 0. The van der Waals surface area contributed by atoms with Gasteiger partial charge in [0.25, 0.3) is 0 Å². The molecule has 0 aliphatic heterocycles. The minimum atomic E-state index is -0.0976. The number of allylic oxidation sites excluding steroid dienone is 2. The highest BCUT2D eigenvalue weighted by molar-refractivity contribution is 5.91. The van der Waals surface area contributed by atoms with Crippen molar-refractivity contribution in [1.82, 2.24) is 0 Å². The first-order chi connectivity index (χ1) is 11.4. The maximum absolute atomic E-state index is 12.2. The number of fused-ring (bicyclic) bond motifs is 5. The van der Waals surface area contributed by atoms with Gasteiger partial charge >= 0.3 is 0 Å². The molecule has 3 saturated carbocycles. The molecule has 0 aromatic heterocycles. The SMILES string of the molecule is C=C(C)CC1CC(=O)C=C2CC[C@@H]3[C@H](CC[C@]4(C)[C@@H](O)CC[C@@H]34)[C@H]21. The van der Waals surface area contributed by atoms with E-state index in [9.17, 15) is 9.90 Å². The van der Waals surface area contributed by atoms with Gasteiger partial charge in [-0.05, 0) is 93.0 Å². The van der Waals surface area contributed by atoms with Crippen molar-refractivity contribution in [1.29, 1.82) is 0 Å². The molecule has 24 heavy (non-hydrogen) atoms. The first-order valence-corrected chi connectivity index (χ1v) is 9.96. The van der Waals surface area contributed by atoms with Gasteiger partial charge in [0.15, 0.2) is 5.78 Å². The van der Waals surface area contributed by atoms with Crippen LogP contribution in [0.4, 0.5) is 0 Å². The minimum Gasteiger partial charge on any atom is -0.393 e. The van der Waals surface area contributed by atoms with E-state index in [2.05, 4.69) is 20.4 Å². The standard InChI is InChI=1S/C22H32O2/c1-13(2)10-15-12-16(23)11-14-4-5-17-18(21(14)15)8-9-22(3)19(17)6-7-20(22)24/h11,15,17-21,24H,1,4-10,12H2,2-3H3/t15?,17-,18+,19+,20+,21-,22+/m1/s1. The van der Waals surface area contributed by atoms with Crippen LogP contribution in [0.1, 0.15) is 65.2 Å². The van der Waals surface area contributed by atoms with Crippen LogP contribution in [0.15, 0.2) is 23.8 Å². The summed E-state index contributed by atoms with van der Waals surface area (Å²) >= 11 is 0. The van der Waals surface area contributed by atoms with E-state index in [4.69, 9.17) is 0 Å². The molecule has 0 aromatic rings. The van der Waals surface area contributed by atoms with Crippen molar-refractivity contribution < 1.29 is 9.90 Å². The molecule has 0 aromatic carbocycles. The van der Waals surface area contributed by atoms with E-state index in [1.54, 1.807) is 0 Å². The summed E-state index contributed by atoms with van der Waals surface area (Å²) in [4.78, 5) is 12.2. The summed E-state index contributed by atoms with van der Waals surface area (Å²) in [6.07, 6.45) is 10.5. The fraction of sp³-hybridized carbons (Fsp3) is 0.773. The smallest absolute Gasteiger partial charge is 0.155 e. The molecule has 7 atom stereocenters. The molecule has 4 aliphatic carbocycles. The van der Waals surface area contributed by atoms with Gasteiger partial charge in [0, 0.05) is 6.42 Å². The van der Waals surface area contributed by atoms with Crippen molar-refractivity contribution in [3.8, 4) is 0 Å². The molecule has 1 N–H and O–H groups in total. The molecule has 2 heteroatoms. The van der Waals surface area contributed by atoms with Crippen molar-refractivity contribution in [2.75, 3.05) is 0 Å². The molecular formula is C22H32O2. The number of carbonyl (C=O) groups is 1. The summed E-state index contributed by atoms with van der Waals surface area (Å²) in [5.41, 5.74) is 2.81. The summed E-state index contributed by atoms with van der Waals surface area (Å²) in [5.74, 6) is 3.58. The molecule has 0 radical (unpaired) electrons. The highest BCUT2D eigenvalue weighted by Crippen LogP contribution is 2.62. The Morgan fingerprint density at radius 1 is 1.29 bits per heavy atom. The van der Waals surface area contributed by atoms with E-state index >= 15 is 0 Å². The van der Waals surface area contributed by atoms with Crippen LogP contribution < -0.4 is 0 Å². The lowest BCUT2D eigenvalue weighted by Gasteiger charge is -2.55. The van der Waals surface area contributed by atoms with Crippen LogP contribution in [0.5, 0.6) is 0 Å². The zero-order valence-electron chi connectivity index (χ0n) is 15.3. The summed E-state index contributed by atoms with van der Waals surface area (Å²) in [6, 6.07) is 0. The van der Waals surface area contributed by atoms with Crippen molar-refractivity contribution in [2.45, 2.75) is 71.3 Å². The maximum Gasteiger partial charge on any atom is 0.155 e. The molecule has 3 fully saturated rings. The van der Waals surface area contributed by atoms with E-state index in [0.29, 0.717) is 23.5 Å². The molecule has 0 amide bonds. The summed E-state index contributed by atoms with van der Waals surface area (Å²) in [6.45, 7) is 8.57. The predicted octanol–water partition coefficient (Wildman–Crippen LogP) is 4.68. The predicted molar refractivity (Wildman–Crippen MR) is 96.4 cm³/mol. The molecule has 0 heterocycles. The Kier molecular flexibility index (Phi) is 4.03. The average molecular weight is 328 g/mol. The van der Waals surface area contributed by atoms with Gasteiger partial charge < -0.3 is 5.11 Å². The molecule has 132 valence electrons. The van der Waals surface area contributed by atoms with E-state index < -0.39 is 0 Å². The van der Waals surface area contributed by atoms with Crippen molar-refractivity contribution in [2.24, 2.45) is 35.0 Å².